The Hall–Kier alpha value is -1.06. The molecule has 0 aliphatic carbocycles. The molecule has 0 fully saturated rings. The van der Waals surface area contributed by atoms with Gasteiger partial charge >= 0.3 is 0 Å². The van der Waals surface area contributed by atoms with Crippen LogP contribution in [0.25, 0.3) is 0 Å². The van der Waals surface area contributed by atoms with Gasteiger partial charge in [-0.25, -0.2) is 0 Å². The van der Waals surface area contributed by atoms with Crippen molar-refractivity contribution in [3.8, 4) is 0 Å². The minimum absolute atomic E-state index is 0.608. The lowest BCUT2D eigenvalue weighted by Crippen LogP contribution is -2.34. The van der Waals surface area contributed by atoms with E-state index in [4.69, 9.17) is 5.73 Å². The van der Waals surface area contributed by atoms with Gasteiger partial charge in [0.15, 0.2) is 0 Å². The SMILES string of the molecule is CC(C)CN(CCN(C)C)c1cccc(CN)c1. The van der Waals surface area contributed by atoms with Crippen LogP contribution in [-0.4, -0.2) is 38.6 Å². The number of benzene rings is 1. The normalized spacial score (nSPS) is 11.3. The molecule has 0 atom stereocenters. The van der Waals surface area contributed by atoms with Crippen LogP contribution in [-0.2, 0) is 6.54 Å². The molecule has 1 aromatic carbocycles. The molecular formula is C15H27N3. The molecule has 3 nitrogen and oxygen atoms in total. The van der Waals surface area contributed by atoms with Gasteiger partial charge in [-0.15, -0.1) is 0 Å². The molecule has 0 unspecified atom stereocenters. The van der Waals surface area contributed by atoms with Crippen LogP contribution in [0.1, 0.15) is 19.4 Å². The van der Waals surface area contributed by atoms with Gasteiger partial charge in [-0.05, 0) is 37.7 Å². The second kappa shape index (κ2) is 7.39. The van der Waals surface area contributed by atoms with Crippen molar-refractivity contribution in [2.24, 2.45) is 11.7 Å². The number of rotatable bonds is 7. The van der Waals surface area contributed by atoms with Crippen LogP contribution in [0.5, 0.6) is 0 Å². The summed E-state index contributed by atoms with van der Waals surface area (Å²) in [4.78, 5) is 4.67. The largest absolute Gasteiger partial charge is 0.370 e. The van der Waals surface area contributed by atoms with Gasteiger partial charge in [-0.3, -0.25) is 0 Å². The van der Waals surface area contributed by atoms with Crippen molar-refractivity contribution < 1.29 is 0 Å². The summed E-state index contributed by atoms with van der Waals surface area (Å²) in [6.45, 7) is 8.34. The highest BCUT2D eigenvalue weighted by molar-refractivity contribution is 5.48. The van der Waals surface area contributed by atoms with Crippen LogP contribution in [0.2, 0.25) is 0 Å². The van der Waals surface area contributed by atoms with E-state index in [1.165, 1.54) is 11.3 Å². The molecule has 0 heterocycles. The first-order chi connectivity index (χ1) is 8.52. The van der Waals surface area contributed by atoms with E-state index < -0.39 is 0 Å². The van der Waals surface area contributed by atoms with Crippen molar-refractivity contribution in [2.75, 3.05) is 38.6 Å². The fourth-order valence-electron chi connectivity index (χ4n) is 1.97. The van der Waals surface area contributed by atoms with Gasteiger partial charge in [0.05, 0.1) is 0 Å². The number of nitrogens with two attached hydrogens (primary N) is 1. The molecule has 3 heteroatoms. The second-order valence-corrected chi connectivity index (χ2v) is 5.52. The molecule has 0 aliphatic heterocycles. The Kier molecular flexibility index (Phi) is 6.16. The first-order valence-corrected chi connectivity index (χ1v) is 6.71. The van der Waals surface area contributed by atoms with Crippen molar-refractivity contribution in [1.29, 1.82) is 0 Å². The third kappa shape index (κ3) is 5.07. The van der Waals surface area contributed by atoms with Crippen LogP contribution in [0, 0.1) is 5.92 Å². The molecule has 1 rings (SSSR count). The monoisotopic (exact) mass is 249 g/mol. The van der Waals surface area contributed by atoms with Crippen LogP contribution in [0.15, 0.2) is 24.3 Å². The van der Waals surface area contributed by atoms with Crippen LogP contribution < -0.4 is 10.6 Å². The number of hydrogen-bond donors (Lipinski definition) is 1. The molecule has 1 aromatic rings. The third-order valence-corrected chi connectivity index (χ3v) is 2.91. The fraction of sp³-hybridized carbons (Fsp3) is 0.600. The van der Waals surface area contributed by atoms with E-state index in [2.05, 4.69) is 62.0 Å². The summed E-state index contributed by atoms with van der Waals surface area (Å²) in [7, 11) is 4.23. The zero-order valence-corrected chi connectivity index (χ0v) is 12.2. The Morgan fingerprint density at radius 1 is 1.17 bits per heavy atom. The summed E-state index contributed by atoms with van der Waals surface area (Å²) in [5, 5.41) is 0. The minimum atomic E-state index is 0.608. The summed E-state index contributed by atoms with van der Waals surface area (Å²) in [5.74, 6) is 0.661. The van der Waals surface area contributed by atoms with E-state index in [-0.39, 0.29) is 0 Å². The van der Waals surface area contributed by atoms with Crippen LogP contribution in [0.3, 0.4) is 0 Å². The molecule has 0 aromatic heterocycles. The highest BCUT2D eigenvalue weighted by Crippen LogP contribution is 2.17. The standard InChI is InChI=1S/C15H27N3/c1-13(2)12-18(9-8-17(3)4)15-7-5-6-14(10-15)11-16/h5-7,10,13H,8-9,11-12,16H2,1-4H3. The Balaban J connectivity index is 2.79. The lowest BCUT2D eigenvalue weighted by molar-refractivity contribution is 0.409. The average Bonchev–Trinajstić information content (AvgIpc) is 2.34. The van der Waals surface area contributed by atoms with Gasteiger partial charge in [-0.2, -0.15) is 0 Å². The molecule has 18 heavy (non-hydrogen) atoms. The molecule has 0 saturated carbocycles. The second-order valence-electron chi connectivity index (χ2n) is 5.52. The maximum absolute atomic E-state index is 5.72. The quantitative estimate of drug-likeness (QED) is 0.804. The van der Waals surface area contributed by atoms with Crippen LogP contribution >= 0.6 is 0 Å². The van der Waals surface area contributed by atoms with E-state index >= 15 is 0 Å². The summed E-state index contributed by atoms with van der Waals surface area (Å²) >= 11 is 0. The summed E-state index contributed by atoms with van der Waals surface area (Å²) in [6, 6.07) is 8.57. The van der Waals surface area contributed by atoms with Gasteiger partial charge in [0.25, 0.3) is 0 Å². The number of anilines is 1. The lowest BCUT2D eigenvalue weighted by atomic mass is 10.1. The zero-order chi connectivity index (χ0) is 13.5. The molecular weight excluding hydrogens is 222 g/mol. The van der Waals surface area contributed by atoms with E-state index in [9.17, 15) is 0 Å². The molecule has 0 radical (unpaired) electrons. The molecule has 0 bridgehead atoms. The molecule has 102 valence electrons. The highest BCUT2D eigenvalue weighted by atomic mass is 15.2. The highest BCUT2D eigenvalue weighted by Gasteiger charge is 2.09. The van der Waals surface area contributed by atoms with Crippen molar-refractivity contribution >= 4 is 5.69 Å². The van der Waals surface area contributed by atoms with Crippen molar-refractivity contribution in [3.05, 3.63) is 29.8 Å². The van der Waals surface area contributed by atoms with Gasteiger partial charge in [0, 0.05) is 31.9 Å². The summed E-state index contributed by atoms with van der Waals surface area (Å²) in [5.41, 5.74) is 8.20. The molecule has 0 aliphatic rings. The predicted octanol–water partition coefficient (Wildman–Crippen LogP) is 2.17. The molecule has 0 amide bonds. The predicted molar refractivity (Wildman–Crippen MR) is 79.9 cm³/mol. The van der Waals surface area contributed by atoms with Crippen molar-refractivity contribution in [1.82, 2.24) is 4.90 Å². The summed E-state index contributed by atoms with van der Waals surface area (Å²) in [6.07, 6.45) is 0. The lowest BCUT2D eigenvalue weighted by Gasteiger charge is -2.28. The molecule has 0 spiro atoms. The van der Waals surface area contributed by atoms with E-state index in [0.717, 1.165) is 19.6 Å². The maximum atomic E-state index is 5.72. The van der Waals surface area contributed by atoms with E-state index in [1.807, 2.05) is 0 Å². The van der Waals surface area contributed by atoms with Gasteiger partial charge in [0.2, 0.25) is 0 Å². The van der Waals surface area contributed by atoms with E-state index in [1.54, 1.807) is 0 Å². The first kappa shape index (κ1) is 15.0. The number of hydrogen-bond acceptors (Lipinski definition) is 3. The van der Waals surface area contributed by atoms with Gasteiger partial charge < -0.3 is 15.5 Å². The topological polar surface area (TPSA) is 32.5 Å². The zero-order valence-electron chi connectivity index (χ0n) is 12.2. The minimum Gasteiger partial charge on any atom is -0.370 e. The third-order valence-electron chi connectivity index (χ3n) is 2.91. The Morgan fingerprint density at radius 2 is 1.89 bits per heavy atom. The number of nitrogens with zero attached hydrogens (tertiary/aromatic N) is 2. The molecule has 2 N–H and O–H groups in total. The van der Waals surface area contributed by atoms with Gasteiger partial charge in [-0.1, -0.05) is 26.0 Å². The number of likely N-dealkylation sites (N-methyl/N-ethyl adjacent to an activating group) is 1. The van der Waals surface area contributed by atoms with Crippen molar-refractivity contribution in [2.45, 2.75) is 20.4 Å². The smallest absolute Gasteiger partial charge is 0.0369 e. The average molecular weight is 249 g/mol. The Morgan fingerprint density at radius 3 is 2.44 bits per heavy atom. The van der Waals surface area contributed by atoms with Crippen LogP contribution in [0.4, 0.5) is 5.69 Å². The van der Waals surface area contributed by atoms with Gasteiger partial charge in [0.1, 0.15) is 0 Å². The Labute approximate surface area is 112 Å². The van der Waals surface area contributed by atoms with Crippen molar-refractivity contribution in [3.63, 3.8) is 0 Å². The Bertz CT molecular complexity index is 347. The van der Waals surface area contributed by atoms with E-state index in [0.29, 0.717) is 12.5 Å². The fourth-order valence-corrected chi connectivity index (χ4v) is 1.97. The maximum Gasteiger partial charge on any atom is 0.0369 e. The molecule has 0 saturated heterocycles. The first-order valence-electron chi connectivity index (χ1n) is 6.71. The summed E-state index contributed by atoms with van der Waals surface area (Å²) < 4.78 is 0.